The van der Waals surface area contributed by atoms with Gasteiger partial charge in [0.2, 0.25) is 0 Å². The molecule has 0 fully saturated rings. The Kier molecular flexibility index (Phi) is 4.04. The molecule has 104 valence electrons. The third-order valence-corrected chi connectivity index (χ3v) is 3.40. The summed E-state index contributed by atoms with van der Waals surface area (Å²) in [5, 5.41) is 0. The lowest BCUT2D eigenvalue weighted by Crippen LogP contribution is -2.40. The van der Waals surface area contributed by atoms with Crippen LogP contribution in [-0.4, -0.2) is 49.5 Å². The molecule has 1 unspecified atom stereocenters. The zero-order valence-corrected chi connectivity index (χ0v) is 11.7. The second-order valence-electron chi connectivity index (χ2n) is 5.24. The molecule has 1 atom stereocenters. The van der Waals surface area contributed by atoms with Crippen molar-refractivity contribution in [3.8, 4) is 0 Å². The third-order valence-electron chi connectivity index (χ3n) is 3.40. The molecule has 19 heavy (non-hydrogen) atoms. The number of likely N-dealkylation sites (N-methyl/N-ethyl adjacent to an activating group) is 1. The fourth-order valence-corrected chi connectivity index (χ4v) is 2.29. The summed E-state index contributed by atoms with van der Waals surface area (Å²) in [7, 11) is 4.01. The van der Waals surface area contributed by atoms with Crippen LogP contribution in [0.15, 0.2) is 23.2 Å². The number of benzene rings is 1. The van der Waals surface area contributed by atoms with E-state index in [4.69, 9.17) is 5.73 Å². The highest BCUT2D eigenvalue weighted by Gasteiger charge is 2.29. The molecule has 0 saturated carbocycles. The lowest BCUT2D eigenvalue weighted by molar-refractivity contribution is 0.289. The molecule has 0 amide bonds. The summed E-state index contributed by atoms with van der Waals surface area (Å²) >= 11 is 0. The van der Waals surface area contributed by atoms with E-state index in [9.17, 15) is 4.39 Å². The Labute approximate surface area is 113 Å². The van der Waals surface area contributed by atoms with Gasteiger partial charge in [-0.2, -0.15) is 0 Å². The van der Waals surface area contributed by atoms with Gasteiger partial charge in [-0.15, -0.1) is 0 Å². The van der Waals surface area contributed by atoms with Gasteiger partial charge in [0.25, 0.3) is 0 Å². The highest BCUT2D eigenvalue weighted by atomic mass is 19.1. The summed E-state index contributed by atoms with van der Waals surface area (Å²) in [5.74, 6) is 0.322. The average Bonchev–Trinajstić information content (AvgIpc) is 2.71. The number of halogens is 1. The van der Waals surface area contributed by atoms with Crippen LogP contribution in [0.4, 0.5) is 4.39 Å². The van der Waals surface area contributed by atoms with Crippen LogP contribution in [-0.2, 0) is 0 Å². The first-order valence-corrected chi connectivity index (χ1v) is 6.46. The van der Waals surface area contributed by atoms with Gasteiger partial charge < -0.3 is 15.5 Å². The maximum absolute atomic E-state index is 14.0. The fraction of sp³-hybridized carbons (Fsp3) is 0.500. The number of nitrogens with two attached hydrogens (primary N) is 1. The predicted octanol–water partition coefficient (Wildman–Crippen LogP) is 1.37. The summed E-state index contributed by atoms with van der Waals surface area (Å²) in [6.45, 7) is 4.10. The maximum Gasteiger partial charge on any atom is 0.191 e. The van der Waals surface area contributed by atoms with E-state index in [1.54, 1.807) is 6.07 Å². The number of aryl methyl sites for hydroxylation is 1. The van der Waals surface area contributed by atoms with Crippen LogP contribution in [0.3, 0.4) is 0 Å². The molecule has 0 bridgehead atoms. The molecular weight excluding hydrogens is 243 g/mol. The average molecular weight is 264 g/mol. The van der Waals surface area contributed by atoms with E-state index in [-0.39, 0.29) is 11.9 Å². The van der Waals surface area contributed by atoms with Crippen molar-refractivity contribution in [2.24, 2.45) is 10.7 Å². The first-order chi connectivity index (χ1) is 8.99. The van der Waals surface area contributed by atoms with Crippen molar-refractivity contribution >= 4 is 5.96 Å². The molecule has 1 aromatic carbocycles. The van der Waals surface area contributed by atoms with Crippen LogP contribution >= 0.6 is 0 Å². The van der Waals surface area contributed by atoms with Gasteiger partial charge in [0.05, 0.1) is 12.6 Å². The van der Waals surface area contributed by atoms with Gasteiger partial charge in [0.15, 0.2) is 5.96 Å². The molecule has 2 rings (SSSR count). The predicted molar refractivity (Wildman–Crippen MR) is 75.6 cm³/mol. The summed E-state index contributed by atoms with van der Waals surface area (Å²) in [5.41, 5.74) is 7.65. The minimum atomic E-state index is -0.185. The largest absolute Gasteiger partial charge is 0.370 e. The Morgan fingerprint density at radius 1 is 1.47 bits per heavy atom. The Hall–Kier alpha value is -1.62. The maximum atomic E-state index is 14.0. The zero-order valence-electron chi connectivity index (χ0n) is 11.7. The van der Waals surface area contributed by atoms with E-state index in [1.807, 2.05) is 32.0 Å². The van der Waals surface area contributed by atoms with Crippen LogP contribution in [0.2, 0.25) is 0 Å². The Bertz CT molecular complexity index is 484. The van der Waals surface area contributed by atoms with Crippen LogP contribution in [0.1, 0.15) is 17.2 Å². The monoisotopic (exact) mass is 264 g/mol. The van der Waals surface area contributed by atoms with E-state index < -0.39 is 0 Å². The van der Waals surface area contributed by atoms with Crippen molar-refractivity contribution in [3.05, 3.63) is 35.1 Å². The van der Waals surface area contributed by atoms with Gasteiger partial charge in [-0.25, -0.2) is 4.39 Å². The topological polar surface area (TPSA) is 44.9 Å². The SMILES string of the molecule is Cc1ccc(F)c(C2CN=C(N)N2CCN(C)C)c1. The molecule has 2 N–H and O–H groups in total. The molecule has 4 nitrogen and oxygen atoms in total. The first-order valence-electron chi connectivity index (χ1n) is 6.46. The molecule has 0 radical (unpaired) electrons. The number of rotatable bonds is 4. The molecule has 1 aliphatic rings. The third kappa shape index (κ3) is 3.04. The quantitative estimate of drug-likeness (QED) is 0.893. The van der Waals surface area contributed by atoms with E-state index in [1.165, 1.54) is 6.07 Å². The van der Waals surface area contributed by atoms with E-state index >= 15 is 0 Å². The number of nitrogens with zero attached hydrogens (tertiary/aromatic N) is 3. The van der Waals surface area contributed by atoms with Gasteiger partial charge in [0, 0.05) is 18.7 Å². The first kappa shape index (κ1) is 13.8. The van der Waals surface area contributed by atoms with Crippen LogP contribution < -0.4 is 5.73 Å². The summed E-state index contributed by atoms with van der Waals surface area (Å²) < 4.78 is 14.0. The van der Waals surface area contributed by atoms with Gasteiger partial charge in [-0.3, -0.25) is 4.99 Å². The molecule has 0 aromatic heterocycles. The second-order valence-corrected chi connectivity index (χ2v) is 5.24. The molecule has 1 aromatic rings. The fourth-order valence-electron chi connectivity index (χ4n) is 2.29. The van der Waals surface area contributed by atoms with Gasteiger partial charge in [-0.05, 0) is 27.1 Å². The number of hydrogen-bond acceptors (Lipinski definition) is 4. The molecule has 0 spiro atoms. The molecule has 5 heteroatoms. The molecule has 1 aliphatic heterocycles. The van der Waals surface area contributed by atoms with Crippen LogP contribution in [0.25, 0.3) is 0 Å². The van der Waals surface area contributed by atoms with Crippen molar-refractivity contribution in [1.29, 1.82) is 0 Å². The van der Waals surface area contributed by atoms with E-state index in [2.05, 4.69) is 9.89 Å². The minimum Gasteiger partial charge on any atom is -0.370 e. The second kappa shape index (κ2) is 5.57. The Morgan fingerprint density at radius 2 is 2.21 bits per heavy atom. The van der Waals surface area contributed by atoms with Crippen molar-refractivity contribution in [3.63, 3.8) is 0 Å². The number of guanidine groups is 1. The van der Waals surface area contributed by atoms with E-state index in [0.29, 0.717) is 18.1 Å². The normalized spacial score (nSPS) is 19.1. The lowest BCUT2D eigenvalue weighted by atomic mass is 10.0. The van der Waals surface area contributed by atoms with Crippen molar-refractivity contribution in [2.75, 3.05) is 33.7 Å². The summed E-state index contributed by atoms with van der Waals surface area (Å²) in [6.07, 6.45) is 0. The lowest BCUT2D eigenvalue weighted by Gasteiger charge is -2.28. The number of aliphatic imine (C=N–C) groups is 1. The Balaban J connectivity index is 2.21. The van der Waals surface area contributed by atoms with Crippen LogP contribution in [0, 0.1) is 12.7 Å². The minimum absolute atomic E-state index is 0.0835. The molecule has 0 aliphatic carbocycles. The van der Waals surface area contributed by atoms with Crippen LogP contribution in [0.5, 0.6) is 0 Å². The van der Waals surface area contributed by atoms with Crippen molar-refractivity contribution in [1.82, 2.24) is 9.80 Å². The highest BCUT2D eigenvalue weighted by Crippen LogP contribution is 2.28. The van der Waals surface area contributed by atoms with Gasteiger partial charge >= 0.3 is 0 Å². The Morgan fingerprint density at radius 3 is 2.89 bits per heavy atom. The summed E-state index contributed by atoms with van der Waals surface area (Å²) in [4.78, 5) is 8.32. The van der Waals surface area contributed by atoms with Gasteiger partial charge in [-0.1, -0.05) is 17.7 Å². The van der Waals surface area contributed by atoms with E-state index in [0.717, 1.165) is 18.7 Å². The molecular formula is C14H21FN4. The highest BCUT2D eigenvalue weighted by molar-refractivity contribution is 5.80. The molecule has 1 heterocycles. The number of hydrogen-bond donors (Lipinski definition) is 1. The summed E-state index contributed by atoms with van der Waals surface area (Å²) in [6, 6.07) is 5.10. The van der Waals surface area contributed by atoms with Crippen molar-refractivity contribution < 1.29 is 4.39 Å². The molecule has 0 saturated heterocycles. The van der Waals surface area contributed by atoms with Gasteiger partial charge in [0.1, 0.15) is 5.82 Å². The zero-order chi connectivity index (χ0) is 14.0. The van der Waals surface area contributed by atoms with Crippen molar-refractivity contribution in [2.45, 2.75) is 13.0 Å². The standard InChI is InChI=1S/C14H21FN4/c1-10-4-5-12(15)11(8-10)13-9-17-14(16)19(13)7-6-18(2)3/h4-5,8,13H,6-7,9H2,1-3H3,(H2,16,17). The smallest absolute Gasteiger partial charge is 0.191 e.